The molecule has 90 valence electrons. The van der Waals surface area contributed by atoms with E-state index in [0.717, 1.165) is 12.8 Å². The molecule has 6 heteroatoms. The Morgan fingerprint density at radius 3 is 2.76 bits per heavy atom. The van der Waals surface area contributed by atoms with Gasteiger partial charge >= 0.3 is 0 Å². The quantitative estimate of drug-likeness (QED) is 0.772. The number of ether oxygens (including phenoxy) is 1. The molecule has 2 rings (SSSR count). The van der Waals surface area contributed by atoms with Crippen molar-refractivity contribution in [1.82, 2.24) is 10.3 Å². The van der Waals surface area contributed by atoms with Crippen LogP contribution in [0.5, 0.6) is 5.75 Å². The van der Waals surface area contributed by atoms with Gasteiger partial charge in [-0.15, -0.1) is 0 Å². The molecule has 0 aliphatic heterocycles. The fourth-order valence-electron chi connectivity index (χ4n) is 1.35. The standard InChI is InChI=1S/C11H13N3O3/c1-13-11(16)8-4-7(10(12)15)9(5-14-8)17-6-2-3-6/h4-6H,2-3H2,1H3,(H2,12,15)(H,13,16). The first-order valence-electron chi connectivity index (χ1n) is 5.30. The van der Waals surface area contributed by atoms with E-state index in [2.05, 4.69) is 10.3 Å². The molecule has 17 heavy (non-hydrogen) atoms. The Morgan fingerprint density at radius 2 is 2.24 bits per heavy atom. The van der Waals surface area contributed by atoms with Crippen LogP contribution in [0.4, 0.5) is 0 Å². The number of aromatic nitrogens is 1. The highest BCUT2D eigenvalue weighted by atomic mass is 16.5. The monoisotopic (exact) mass is 235 g/mol. The molecule has 2 amide bonds. The van der Waals surface area contributed by atoms with Crippen molar-refractivity contribution in [2.45, 2.75) is 18.9 Å². The minimum atomic E-state index is -0.631. The van der Waals surface area contributed by atoms with Gasteiger partial charge in [-0.1, -0.05) is 0 Å². The van der Waals surface area contributed by atoms with Gasteiger partial charge in [-0.05, 0) is 18.9 Å². The fraction of sp³-hybridized carbons (Fsp3) is 0.364. The molecular weight excluding hydrogens is 222 g/mol. The second-order valence-corrected chi connectivity index (χ2v) is 3.83. The minimum Gasteiger partial charge on any atom is -0.488 e. The molecule has 3 N–H and O–H groups in total. The molecule has 0 saturated heterocycles. The molecule has 0 atom stereocenters. The third-order valence-corrected chi connectivity index (χ3v) is 2.41. The Hall–Kier alpha value is -2.11. The summed E-state index contributed by atoms with van der Waals surface area (Å²) in [5, 5.41) is 2.43. The van der Waals surface area contributed by atoms with E-state index in [-0.39, 0.29) is 23.3 Å². The highest BCUT2D eigenvalue weighted by Gasteiger charge is 2.26. The van der Waals surface area contributed by atoms with Crippen LogP contribution in [0.1, 0.15) is 33.7 Å². The predicted molar refractivity (Wildman–Crippen MR) is 59.8 cm³/mol. The zero-order chi connectivity index (χ0) is 12.4. The first-order valence-corrected chi connectivity index (χ1v) is 5.30. The van der Waals surface area contributed by atoms with Crippen molar-refractivity contribution in [3.05, 3.63) is 23.5 Å². The van der Waals surface area contributed by atoms with Gasteiger partial charge in [0.1, 0.15) is 5.69 Å². The van der Waals surface area contributed by atoms with E-state index in [1.54, 1.807) is 0 Å². The number of nitrogens with zero attached hydrogens (tertiary/aromatic N) is 1. The van der Waals surface area contributed by atoms with Crippen molar-refractivity contribution < 1.29 is 14.3 Å². The summed E-state index contributed by atoms with van der Waals surface area (Å²) in [5.74, 6) is -0.661. The molecule has 1 saturated carbocycles. The Balaban J connectivity index is 2.32. The number of primary amides is 1. The van der Waals surface area contributed by atoms with Crippen LogP contribution in [-0.4, -0.2) is 29.9 Å². The maximum absolute atomic E-state index is 11.4. The number of pyridine rings is 1. The highest BCUT2D eigenvalue weighted by Crippen LogP contribution is 2.28. The van der Waals surface area contributed by atoms with Crippen molar-refractivity contribution in [1.29, 1.82) is 0 Å². The third kappa shape index (κ3) is 2.52. The summed E-state index contributed by atoms with van der Waals surface area (Å²) in [7, 11) is 1.49. The second kappa shape index (κ2) is 4.40. The van der Waals surface area contributed by atoms with Gasteiger partial charge in [0.2, 0.25) is 0 Å². The number of nitrogens with one attached hydrogen (secondary N) is 1. The molecule has 1 heterocycles. The van der Waals surface area contributed by atoms with Gasteiger partial charge in [0.05, 0.1) is 17.9 Å². The van der Waals surface area contributed by atoms with Gasteiger partial charge < -0.3 is 15.8 Å². The summed E-state index contributed by atoms with van der Waals surface area (Å²) in [4.78, 5) is 26.6. The highest BCUT2D eigenvalue weighted by molar-refractivity contribution is 5.99. The Kier molecular flexibility index (Phi) is 2.95. The predicted octanol–water partition coefficient (Wildman–Crippen LogP) is 0.0813. The maximum Gasteiger partial charge on any atom is 0.269 e. The number of amides is 2. The van der Waals surface area contributed by atoms with Crippen LogP contribution < -0.4 is 15.8 Å². The van der Waals surface area contributed by atoms with Crippen LogP contribution in [0.3, 0.4) is 0 Å². The first kappa shape index (κ1) is 11.4. The Bertz CT molecular complexity index is 469. The van der Waals surface area contributed by atoms with Gasteiger partial charge in [-0.2, -0.15) is 0 Å². The molecule has 1 aromatic heterocycles. The molecule has 1 fully saturated rings. The SMILES string of the molecule is CNC(=O)c1cc(C(N)=O)c(OC2CC2)cn1. The van der Waals surface area contributed by atoms with Crippen LogP contribution in [-0.2, 0) is 0 Å². The van der Waals surface area contributed by atoms with Crippen LogP contribution in [0.2, 0.25) is 0 Å². The van der Waals surface area contributed by atoms with Gasteiger partial charge in [0, 0.05) is 7.05 Å². The summed E-state index contributed by atoms with van der Waals surface area (Å²) in [5.41, 5.74) is 5.57. The second-order valence-electron chi connectivity index (χ2n) is 3.83. The van der Waals surface area contributed by atoms with E-state index in [0.29, 0.717) is 5.75 Å². The average Bonchev–Trinajstić information content (AvgIpc) is 3.12. The molecule has 6 nitrogen and oxygen atoms in total. The summed E-state index contributed by atoms with van der Waals surface area (Å²) in [6, 6.07) is 1.35. The van der Waals surface area contributed by atoms with Crippen LogP contribution >= 0.6 is 0 Å². The average molecular weight is 235 g/mol. The summed E-state index contributed by atoms with van der Waals surface area (Å²) in [6.07, 6.45) is 3.44. The minimum absolute atomic E-state index is 0.140. The zero-order valence-corrected chi connectivity index (χ0v) is 9.40. The molecule has 0 unspecified atom stereocenters. The lowest BCUT2D eigenvalue weighted by Gasteiger charge is -2.09. The lowest BCUT2D eigenvalue weighted by Crippen LogP contribution is -2.21. The summed E-state index contributed by atoms with van der Waals surface area (Å²) in [6.45, 7) is 0. The van der Waals surface area contributed by atoms with E-state index in [1.807, 2.05) is 0 Å². The van der Waals surface area contributed by atoms with Gasteiger partial charge in [-0.25, -0.2) is 4.98 Å². The largest absolute Gasteiger partial charge is 0.488 e. The summed E-state index contributed by atoms with van der Waals surface area (Å²) >= 11 is 0. The van der Waals surface area contributed by atoms with E-state index in [1.165, 1.54) is 19.3 Å². The van der Waals surface area contributed by atoms with Gasteiger partial charge in [0.25, 0.3) is 11.8 Å². The van der Waals surface area contributed by atoms with Crippen molar-refractivity contribution in [2.24, 2.45) is 5.73 Å². The summed E-state index contributed by atoms with van der Waals surface area (Å²) < 4.78 is 5.49. The number of carbonyl (C=O) groups is 2. The molecule has 0 bridgehead atoms. The number of rotatable bonds is 4. The fourth-order valence-corrected chi connectivity index (χ4v) is 1.35. The topological polar surface area (TPSA) is 94.3 Å². The Labute approximate surface area is 98.2 Å². The lowest BCUT2D eigenvalue weighted by atomic mass is 10.2. The van der Waals surface area contributed by atoms with E-state index < -0.39 is 5.91 Å². The van der Waals surface area contributed by atoms with E-state index in [9.17, 15) is 9.59 Å². The number of nitrogens with two attached hydrogens (primary N) is 1. The molecular formula is C11H13N3O3. The van der Waals surface area contributed by atoms with Crippen molar-refractivity contribution in [3.8, 4) is 5.75 Å². The molecule has 1 aromatic rings. The van der Waals surface area contributed by atoms with Crippen molar-refractivity contribution in [2.75, 3.05) is 7.05 Å². The number of hydrogen-bond donors (Lipinski definition) is 2. The van der Waals surface area contributed by atoms with Crippen molar-refractivity contribution in [3.63, 3.8) is 0 Å². The number of carbonyl (C=O) groups excluding carboxylic acids is 2. The smallest absolute Gasteiger partial charge is 0.269 e. The van der Waals surface area contributed by atoms with Gasteiger partial charge in [-0.3, -0.25) is 9.59 Å². The Morgan fingerprint density at radius 1 is 1.53 bits per heavy atom. The molecule has 1 aliphatic carbocycles. The van der Waals surface area contributed by atoms with Crippen LogP contribution in [0.15, 0.2) is 12.3 Å². The molecule has 0 aromatic carbocycles. The number of hydrogen-bond acceptors (Lipinski definition) is 4. The normalized spacial score (nSPS) is 14.2. The lowest BCUT2D eigenvalue weighted by molar-refractivity contribution is 0.0958. The van der Waals surface area contributed by atoms with E-state index >= 15 is 0 Å². The molecule has 0 radical (unpaired) electrons. The van der Waals surface area contributed by atoms with Gasteiger partial charge in [0.15, 0.2) is 5.75 Å². The van der Waals surface area contributed by atoms with Crippen molar-refractivity contribution >= 4 is 11.8 Å². The molecule has 0 spiro atoms. The maximum atomic E-state index is 11.4. The molecule has 1 aliphatic rings. The zero-order valence-electron chi connectivity index (χ0n) is 9.40. The van der Waals surface area contributed by atoms with E-state index in [4.69, 9.17) is 10.5 Å². The van der Waals surface area contributed by atoms with Crippen LogP contribution in [0.25, 0.3) is 0 Å². The van der Waals surface area contributed by atoms with Crippen LogP contribution in [0, 0.1) is 0 Å². The third-order valence-electron chi connectivity index (χ3n) is 2.41. The first-order chi connectivity index (χ1) is 8.11.